The summed E-state index contributed by atoms with van der Waals surface area (Å²) >= 11 is 0. The second kappa shape index (κ2) is 18.5. The van der Waals surface area contributed by atoms with E-state index in [4.69, 9.17) is 11.8 Å². The molecule has 8 rings (SSSR count). The van der Waals surface area contributed by atoms with Crippen molar-refractivity contribution >= 4 is 11.0 Å². The Balaban J connectivity index is 0.00000780. The van der Waals surface area contributed by atoms with E-state index in [0.29, 0.717) is 39.5 Å². The Kier molecular flexibility index (Phi) is 11.5. The van der Waals surface area contributed by atoms with Crippen LogP contribution in [0.5, 0.6) is 5.75 Å². The van der Waals surface area contributed by atoms with Gasteiger partial charge in [0.25, 0.3) is 0 Å². The van der Waals surface area contributed by atoms with E-state index in [1.165, 1.54) is 11.6 Å². The largest absolute Gasteiger partial charge is 0.507 e. The zero-order chi connectivity index (χ0) is 52.7. The maximum absolute atomic E-state index is 12.6. The molecule has 5 heteroatoms. The zero-order valence-corrected chi connectivity index (χ0v) is 43.9. The van der Waals surface area contributed by atoms with Crippen LogP contribution in [0.25, 0.3) is 72.7 Å². The van der Waals surface area contributed by atoms with Crippen molar-refractivity contribution in [3.8, 4) is 67.5 Å². The van der Waals surface area contributed by atoms with Crippen LogP contribution in [0.2, 0.25) is 0 Å². The minimum atomic E-state index is -0.591. The number of nitrogens with zero attached hydrogens (tertiary/aromatic N) is 3. The van der Waals surface area contributed by atoms with Crippen LogP contribution in [-0.4, -0.2) is 19.6 Å². The normalized spacial score (nSPS) is 13.7. The molecule has 0 radical (unpaired) electrons. The molecule has 0 unspecified atom stereocenters. The first-order valence-electron chi connectivity index (χ1n) is 26.2. The SMILES string of the molecule is [2H]c1cc(-c2c([2H])c([2H])nc(-c3[c-]c(-c4cccc5c4nc(-c4cc(C(C)(C)C)cc(C(C)(C)C)c4O)n5-c4ccc(CC(C)C)cc4-c4ccccc4)cc(C(C)(C)C)c3)c2[2H])c([2H])c([2H])c1C(C)(C)C.[Pt]. The molecular weight excluding hydrogens is 998 g/mol. The average molecular weight is 1070 g/mol. The van der Waals surface area contributed by atoms with Gasteiger partial charge in [0.2, 0.25) is 0 Å². The van der Waals surface area contributed by atoms with Crippen LogP contribution in [0.15, 0.2) is 133 Å². The topological polar surface area (TPSA) is 50.9 Å². The number of pyridine rings is 1. The molecule has 0 spiro atoms. The molecule has 0 saturated heterocycles. The van der Waals surface area contributed by atoms with Crippen LogP contribution in [0.1, 0.15) is 133 Å². The Morgan fingerprint density at radius 1 is 0.612 bits per heavy atom. The van der Waals surface area contributed by atoms with Gasteiger partial charge < -0.3 is 5.11 Å². The van der Waals surface area contributed by atoms with E-state index < -0.39 is 22.4 Å². The van der Waals surface area contributed by atoms with Gasteiger partial charge in [-0.2, -0.15) is 0 Å². The minimum absolute atomic E-state index is 0. The van der Waals surface area contributed by atoms with Crippen molar-refractivity contribution in [2.45, 2.75) is 125 Å². The molecule has 2 heterocycles. The third kappa shape index (κ3) is 10.3. The molecule has 0 amide bonds. The summed E-state index contributed by atoms with van der Waals surface area (Å²) in [6, 6.07) is 35.6. The number of aromatic hydroxyl groups is 1. The maximum Gasteiger partial charge on any atom is 0.148 e. The molecule has 67 heavy (non-hydrogen) atoms. The predicted molar refractivity (Wildman–Crippen MR) is 280 cm³/mol. The molecule has 0 atom stereocenters. The third-order valence-electron chi connectivity index (χ3n) is 12.3. The van der Waals surface area contributed by atoms with Gasteiger partial charge in [-0.3, -0.25) is 9.55 Å². The summed E-state index contributed by atoms with van der Waals surface area (Å²) in [5.74, 6) is 1.18. The Morgan fingerprint density at radius 3 is 1.94 bits per heavy atom. The second-order valence-electron chi connectivity index (χ2n) is 22.4. The van der Waals surface area contributed by atoms with Gasteiger partial charge in [-0.05, 0) is 97.7 Å². The molecule has 0 aliphatic carbocycles. The number of rotatable bonds is 8. The molecule has 4 nitrogen and oxygen atoms in total. The van der Waals surface area contributed by atoms with Crippen molar-refractivity contribution in [3.63, 3.8) is 0 Å². The number of imidazole rings is 1. The van der Waals surface area contributed by atoms with Crippen LogP contribution in [0, 0.1) is 12.0 Å². The number of hydrogen-bond acceptors (Lipinski definition) is 3. The van der Waals surface area contributed by atoms with Crippen molar-refractivity contribution in [3.05, 3.63) is 167 Å². The van der Waals surface area contributed by atoms with E-state index >= 15 is 0 Å². The molecular formula is C62H68N3OPt-. The van der Waals surface area contributed by atoms with E-state index in [1.54, 1.807) is 0 Å². The van der Waals surface area contributed by atoms with Crippen LogP contribution in [0.3, 0.4) is 0 Å². The Labute approximate surface area is 423 Å². The maximum atomic E-state index is 12.6. The fraction of sp³-hybridized carbons (Fsp3) is 0.323. The standard InChI is InChI=1S/C62H68N3O.Pt/c1-39(2)31-40-23-28-54(50(32-40)42-19-16-15-17-20-42)65-55-22-18-21-49(56(55)64-58(65)51-37-48(61(9,10)11)38-52(57(51)66)62(12,13)14)44-33-45(35-47(34-44)60(6,7)8)53-36-43(29-30-63-53)41-24-26-46(27-25-41)59(3,4)5;/h15-30,32,34-39,66H,31H2,1-14H3;/q-1;/i24D,26D,27D,29D,30D,36D;. The Morgan fingerprint density at radius 2 is 1.28 bits per heavy atom. The van der Waals surface area contributed by atoms with Gasteiger partial charge >= 0.3 is 0 Å². The molecule has 1 N–H and O–H groups in total. The van der Waals surface area contributed by atoms with Crippen molar-refractivity contribution < 1.29 is 34.4 Å². The quantitative estimate of drug-likeness (QED) is 0.154. The number of aromatic nitrogens is 3. The van der Waals surface area contributed by atoms with E-state index in [1.807, 2.05) is 45.0 Å². The first-order chi connectivity index (χ1) is 33.5. The zero-order valence-electron chi connectivity index (χ0n) is 47.6. The predicted octanol–water partition coefficient (Wildman–Crippen LogP) is 16.6. The fourth-order valence-corrected chi connectivity index (χ4v) is 8.52. The van der Waals surface area contributed by atoms with Crippen molar-refractivity contribution in [2.24, 2.45) is 5.92 Å². The molecule has 8 aromatic rings. The molecule has 0 aliphatic rings. The van der Waals surface area contributed by atoms with Gasteiger partial charge in [-0.25, -0.2) is 4.98 Å². The van der Waals surface area contributed by atoms with Crippen molar-refractivity contribution in [2.75, 3.05) is 0 Å². The summed E-state index contributed by atoms with van der Waals surface area (Å²) in [7, 11) is 0. The smallest absolute Gasteiger partial charge is 0.148 e. The molecule has 0 bridgehead atoms. The van der Waals surface area contributed by atoms with Gasteiger partial charge in [0.15, 0.2) is 0 Å². The summed E-state index contributed by atoms with van der Waals surface area (Å²) in [4.78, 5) is 10.2. The average Bonchev–Trinajstić information content (AvgIpc) is 3.67. The molecule has 0 saturated carbocycles. The first kappa shape index (κ1) is 41.6. The minimum Gasteiger partial charge on any atom is -0.507 e. The molecule has 0 aliphatic heterocycles. The summed E-state index contributed by atoms with van der Waals surface area (Å²) < 4.78 is 56.9. The van der Waals surface area contributed by atoms with E-state index in [0.717, 1.165) is 51.0 Å². The van der Waals surface area contributed by atoms with Gasteiger partial charge in [0, 0.05) is 44.1 Å². The number of fused-ring (bicyclic) bond motifs is 1. The summed E-state index contributed by atoms with van der Waals surface area (Å²) in [6.45, 7) is 29.3. The monoisotopic (exact) mass is 1070 g/mol. The number of phenols is 1. The van der Waals surface area contributed by atoms with Crippen LogP contribution in [0.4, 0.5) is 0 Å². The van der Waals surface area contributed by atoms with Crippen LogP contribution >= 0.6 is 0 Å². The van der Waals surface area contributed by atoms with Gasteiger partial charge in [0.05, 0.1) is 30.5 Å². The molecule has 2 aromatic heterocycles. The number of phenolic OH excluding ortho intramolecular Hbond substituents is 1. The summed E-state index contributed by atoms with van der Waals surface area (Å²) in [5, 5.41) is 12.6. The summed E-state index contributed by atoms with van der Waals surface area (Å²) in [5.41, 5.74) is 9.77. The van der Waals surface area contributed by atoms with Gasteiger partial charge in [0.1, 0.15) is 11.6 Å². The third-order valence-corrected chi connectivity index (χ3v) is 12.3. The van der Waals surface area contributed by atoms with Crippen LogP contribution < -0.4 is 0 Å². The van der Waals surface area contributed by atoms with Gasteiger partial charge in [-0.15, -0.1) is 29.3 Å². The van der Waals surface area contributed by atoms with Crippen LogP contribution in [-0.2, 0) is 49.1 Å². The number of benzene rings is 6. The van der Waals surface area contributed by atoms with E-state index in [9.17, 15) is 6.48 Å². The first-order valence-corrected chi connectivity index (χ1v) is 23.2. The summed E-state index contributed by atoms with van der Waals surface area (Å²) in [6.07, 6.45) is 0.510. The van der Waals surface area contributed by atoms with Crippen molar-refractivity contribution in [1.82, 2.24) is 14.5 Å². The van der Waals surface area contributed by atoms with E-state index in [-0.39, 0.29) is 79.3 Å². The second-order valence-corrected chi connectivity index (χ2v) is 22.4. The molecule has 348 valence electrons. The van der Waals surface area contributed by atoms with Gasteiger partial charge in [-0.1, -0.05) is 193 Å². The molecule has 0 fully saturated rings. The molecule has 6 aromatic carbocycles. The van der Waals surface area contributed by atoms with Crippen molar-refractivity contribution in [1.29, 1.82) is 0 Å². The fourth-order valence-electron chi connectivity index (χ4n) is 8.52. The number of hydrogen-bond donors (Lipinski definition) is 1. The Bertz CT molecular complexity index is 3420. The Hall–Kier alpha value is -5.57. The number of para-hydroxylation sites is 1. The van der Waals surface area contributed by atoms with E-state index in [2.05, 4.69) is 159 Å².